The number of aromatic nitrogens is 3. The number of thiophene rings is 1. The molecular weight excluding hydrogens is 338 g/mol. The fraction of sp³-hybridized carbons (Fsp3) is 0.353. The van der Waals surface area contributed by atoms with Crippen LogP contribution in [0.2, 0.25) is 0 Å². The highest BCUT2D eigenvalue weighted by Crippen LogP contribution is 2.25. The molecule has 4 rings (SSSR count). The van der Waals surface area contributed by atoms with Gasteiger partial charge < -0.3 is 10.2 Å². The largest absolute Gasteiger partial charge is 0.354 e. The van der Waals surface area contributed by atoms with Crippen molar-refractivity contribution in [1.29, 1.82) is 0 Å². The van der Waals surface area contributed by atoms with Crippen LogP contribution in [0.25, 0.3) is 10.6 Å². The Bertz CT molecular complexity index is 756. The van der Waals surface area contributed by atoms with E-state index in [1.165, 1.54) is 18.4 Å². The third-order valence-corrected chi connectivity index (χ3v) is 5.82. The molecule has 124 valence electrons. The van der Waals surface area contributed by atoms with Gasteiger partial charge in [-0.05, 0) is 36.4 Å². The Morgan fingerprint density at radius 2 is 2.29 bits per heavy atom. The maximum absolute atomic E-state index is 4.74. The first kappa shape index (κ1) is 15.7. The molecule has 1 atom stereocenters. The second-order valence-electron chi connectivity index (χ2n) is 5.90. The van der Waals surface area contributed by atoms with Crippen molar-refractivity contribution in [2.75, 3.05) is 18.0 Å². The van der Waals surface area contributed by atoms with E-state index in [0.717, 1.165) is 36.2 Å². The number of nitrogens with one attached hydrogen (secondary N) is 1. The van der Waals surface area contributed by atoms with Crippen LogP contribution in [0.1, 0.15) is 18.5 Å². The predicted molar refractivity (Wildman–Crippen MR) is 99.5 cm³/mol. The Morgan fingerprint density at radius 3 is 3.12 bits per heavy atom. The molecule has 24 heavy (non-hydrogen) atoms. The number of hydrogen-bond acceptors (Lipinski definition) is 7. The normalized spacial score (nSPS) is 18.0. The van der Waals surface area contributed by atoms with E-state index in [1.807, 2.05) is 12.1 Å². The summed E-state index contributed by atoms with van der Waals surface area (Å²) in [5.41, 5.74) is 2.35. The highest BCUT2D eigenvalue weighted by Gasteiger charge is 2.20. The van der Waals surface area contributed by atoms with Crippen LogP contribution in [0.3, 0.4) is 0 Å². The van der Waals surface area contributed by atoms with Crippen LogP contribution in [0.5, 0.6) is 0 Å². The van der Waals surface area contributed by atoms with E-state index in [0.29, 0.717) is 6.04 Å². The summed E-state index contributed by atoms with van der Waals surface area (Å²) in [6, 6.07) is 6.57. The topological polar surface area (TPSA) is 53.9 Å². The molecule has 5 nitrogen and oxygen atoms in total. The smallest absolute Gasteiger partial charge is 0.151 e. The first-order valence-electron chi connectivity index (χ1n) is 8.11. The molecule has 0 radical (unpaired) electrons. The Hall–Kier alpha value is -1.83. The summed E-state index contributed by atoms with van der Waals surface area (Å²) < 4.78 is 0. The van der Waals surface area contributed by atoms with Crippen molar-refractivity contribution in [1.82, 2.24) is 20.5 Å². The number of rotatable bonds is 5. The van der Waals surface area contributed by atoms with Crippen molar-refractivity contribution in [3.8, 4) is 10.6 Å². The van der Waals surface area contributed by atoms with Crippen molar-refractivity contribution >= 4 is 28.5 Å². The Labute approximate surface area is 149 Å². The van der Waals surface area contributed by atoms with E-state index in [2.05, 4.69) is 42.6 Å². The molecular formula is C17H19N5S2. The van der Waals surface area contributed by atoms with E-state index in [-0.39, 0.29) is 0 Å². The highest BCUT2D eigenvalue weighted by molar-refractivity contribution is 7.14. The fourth-order valence-electron chi connectivity index (χ4n) is 2.97. The van der Waals surface area contributed by atoms with E-state index in [4.69, 9.17) is 4.98 Å². The number of piperidine rings is 1. The molecule has 0 amide bonds. The van der Waals surface area contributed by atoms with Gasteiger partial charge in [-0.2, -0.15) is 16.4 Å². The summed E-state index contributed by atoms with van der Waals surface area (Å²) in [6.45, 7) is 2.84. The number of hydrogen-bond donors (Lipinski definition) is 1. The van der Waals surface area contributed by atoms with Crippen LogP contribution in [-0.2, 0) is 6.54 Å². The average Bonchev–Trinajstić information content (AvgIpc) is 3.32. The van der Waals surface area contributed by atoms with Gasteiger partial charge in [0.1, 0.15) is 5.01 Å². The van der Waals surface area contributed by atoms with E-state index in [1.54, 1.807) is 28.9 Å². The SMILES string of the molecule is c1cnnc(N2CCCC(NCc3csc(-c4ccsc4)n3)C2)c1. The lowest BCUT2D eigenvalue weighted by molar-refractivity contribution is 0.418. The third-order valence-electron chi connectivity index (χ3n) is 4.20. The summed E-state index contributed by atoms with van der Waals surface area (Å²) in [7, 11) is 0. The van der Waals surface area contributed by atoms with Gasteiger partial charge in [-0.15, -0.1) is 16.4 Å². The Balaban J connectivity index is 1.34. The minimum atomic E-state index is 0.465. The minimum Gasteiger partial charge on any atom is -0.354 e. The molecule has 3 aromatic heterocycles. The van der Waals surface area contributed by atoms with Crippen LogP contribution >= 0.6 is 22.7 Å². The summed E-state index contributed by atoms with van der Waals surface area (Å²) in [4.78, 5) is 7.05. The lowest BCUT2D eigenvalue weighted by Gasteiger charge is -2.33. The molecule has 1 aliphatic heterocycles. The predicted octanol–water partition coefficient (Wildman–Crippen LogP) is 3.42. The van der Waals surface area contributed by atoms with Crippen LogP contribution in [0.4, 0.5) is 5.82 Å². The summed E-state index contributed by atoms with van der Waals surface area (Å²) >= 11 is 3.43. The van der Waals surface area contributed by atoms with Gasteiger partial charge >= 0.3 is 0 Å². The van der Waals surface area contributed by atoms with E-state index >= 15 is 0 Å². The lowest BCUT2D eigenvalue weighted by atomic mass is 10.1. The van der Waals surface area contributed by atoms with Crippen LogP contribution in [0, 0.1) is 0 Å². The molecule has 1 fully saturated rings. The van der Waals surface area contributed by atoms with Gasteiger partial charge in [0.2, 0.25) is 0 Å². The second kappa shape index (κ2) is 7.38. The molecule has 0 bridgehead atoms. The average molecular weight is 358 g/mol. The van der Waals surface area contributed by atoms with Crippen LogP contribution in [0.15, 0.2) is 40.5 Å². The quantitative estimate of drug-likeness (QED) is 0.758. The van der Waals surface area contributed by atoms with Crippen LogP contribution in [-0.4, -0.2) is 34.3 Å². The molecule has 4 heterocycles. The van der Waals surface area contributed by atoms with Crippen LogP contribution < -0.4 is 10.2 Å². The molecule has 1 unspecified atom stereocenters. The molecule has 1 N–H and O–H groups in total. The molecule has 0 saturated carbocycles. The Morgan fingerprint density at radius 1 is 1.29 bits per heavy atom. The minimum absolute atomic E-state index is 0.465. The van der Waals surface area contributed by atoms with E-state index < -0.39 is 0 Å². The van der Waals surface area contributed by atoms with Gasteiger partial charge in [-0.3, -0.25) is 0 Å². The molecule has 0 aromatic carbocycles. The lowest BCUT2D eigenvalue weighted by Crippen LogP contribution is -2.45. The van der Waals surface area contributed by atoms with Crippen molar-refractivity contribution in [3.63, 3.8) is 0 Å². The van der Waals surface area contributed by atoms with Crippen molar-refractivity contribution < 1.29 is 0 Å². The van der Waals surface area contributed by atoms with Crippen molar-refractivity contribution in [3.05, 3.63) is 46.2 Å². The summed E-state index contributed by atoms with van der Waals surface area (Å²) in [5, 5.41) is 19.4. The van der Waals surface area contributed by atoms with Gasteiger partial charge in [-0.25, -0.2) is 4.98 Å². The molecule has 0 aliphatic carbocycles. The third kappa shape index (κ3) is 3.63. The highest BCUT2D eigenvalue weighted by atomic mass is 32.1. The first-order chi connectivity index (χ1) is 11.9. The molecule has 1 aliphatic rings. The zero-order valence-corrected chi connectivity index (χ0v) is 14.9. The molecule has 1 saturated heterocycles. The zero-order chi connectivity index (χ0) is 16.2. The molecule has 7 heteroatoms. The maximum atomic E-state index is 4.74. The summed E-state index contributed by atoms with van der Waals surface area (Å²) in [5.74, 6) is 0.970. The standard InChI is InChI=1S/C17H19N5S2/c1-4-16(21-19-6-1)22-7-2-3-14(10-22)18-9-15-12-24-17(20-15)13-5-8-23-11-13/h1,4-6,8,11-12,14,18H,2-3,7,9-10H2. The number of nitrogens with zero attached hydrogens (tertiary/aromatic N) is 4. The molecule has 0 spiro atoms. The van der Waals surface area contributed by atoms with Crippen molar-refractivity contribution in [2.45, 2.75) is 25.4 Å². The van der Waals surface area contributed by atoms with Crippen molar-refractivity contribution in [2.24, 2.45) is 0 Å². The van der Waals surface area contributed by atoms with Gasteiger partial charge in [0.05, 0.1) is 5.69 Å². The Kier molecular flexibility index (Phi) is 4.82. The number of thiazole rings is 1. The monoisotopic (exact) mass is 357 g/mol. The number of anilines is 1. The van der Waals surface area contributed by atoms with Gasteiger partial charge in [0.15, 0.2) is 5.82 Å². The van der Waals surface area contributed by atoms with Gasteiger partial charge in [-0.1, -0.05) is 0 Å². The van der Waals surface area contributed by atoms with Gasteiger partial charge in [0, 0.05) is 48.2 Å². The first-order valence-corrected chi connectivity index (χ1v) is 9.94. The van der Waals surface area contributed by atoms with E-state index in [9.17, 15) is 0 Å². The zero-order valence-electron chi connectivity index (χ0n) is 13.3. The second-order valence-corrected chi connectivity index (χ2v) is 7.54. The van der Waals surface area contributed by atoms with Gasteiger partial charge in [0.25, 0.3) is 0 Å². The fourth-order valence-corrected chi connectivity index (χ4v) is 4.50. The summed E-state index contributed by atoms with van der Waals surface area (Å²) in [6.07, 6.45) is 4.08. The maximum Gasteiger partial charge on any atom is 0.151 e. The molecule has 3 aromatic rings.